The van der Waals surface area contributed by atoms with E-state index in [1.54, 1.807) is 6.07 Å². The minimum absolute atomic E-state index is 0. The maximum absolute atomic E-state index is 13.2. The molecule has 1 saturated carbocycles. The zero-order chi connectivity index (χ0) is 17.4. The van der Waals surface area contributed by atoms with E-state index >= 15 is 0 Å². The van der Waals surface area contributed by atoms with Gasteiger partial charge in [-0.05, 0) is 31.5 Å². The number of nitrogens with one attached hydrogen (secondary N) is 1. The molecule has 0 radical (unpaired) electrons. The van der Waals surface area contributed by atoms with E-state index in [9.17, 15) is 9.18 Å². The van der Waals surface area contributed by atoms with Gasteiger partial charge in [-0.25, -0.2) is 4.39 Å². The lowest BCUT2D eigenvalue weighted by Crippen LogP contribution is -2.75. The molecule has 3 N–H and O–H groups in total. The number of carbonyl (C=O) groups excluding carboxylic acids is 1. The molecule has 136 valence electrons. The van der Waals surface area contributed by atoms with E-state index in [0.717, 1.165) is 5.56 Å². The highest BCUT2D eigenvalue weighted by molar-refractivity contribution is 6.30. The summed E-state index contributed by atoms with van der Waals surface area (Å²) in [5, 5.41) is 2.94. The highest BCUT2D eigenvalue weighted by Gasteiger charge is 2.62. The number of amides is 1. The molecule has 1 aromatic rings. The summed E-state index contributed by atoms with van der Waals surface area (Å²) in [5.74, 6) is -0.713. The zero-order valence-corrected chi connectivity index (χ0v) is 15.9. The van der Waals surface area contributed by atoms with Crippen LogP contribution >= 0.6 is 24.0 Å². The van der Waals surface area contributed by atoms with Crippen LogP contribution in [0.2, 0.25) is 5.02 Å². The number of carbonyl (C=O) groups is 1. The molecule has 24 heavy (non-hydrogen) atoms. The Kier molecular flexibility index (Phi) is 6.67. The molecule has 2 rings (SSSR count). The number of benzene rings is 1. The van der Waals surface area contributed by atoms with Crippen LogP contribution in [0.25, 0.3) is 0 Å². The van der Waals surface area contributed by atoms with Crippen molar-refractivity contribution in [2.24, 2.45) is 11.1 Å². The van der Waals surface area contributed by atoms with Crippen molar-refractivity contribution in [1.82, 2.24) is 5.32 Å². The SMILES string of the molecule is CCOC1CC(N)(C(=O)NC(C)c2ccc(F)c(Cl)c2)C1(C)C.Cl. The average molecular weight is 379 g/mol. The van der Waals surface area contributed by atoms with Crippen molar-refractivity contribution in [3.05, 3.63) is 34.6 Å². The highest BCUT2D eigenvalue weighted by Crippen LogP contribution is 2.50. The van der Waals surface area contributed by atoms with Gasteiger partial charge in [0.1, 0.15) is 11.4 Å². The third-order valence-electron chi connectivity index (χ3n) is 5.03. The topological polar surface area (TPSA) is 64.3 Å². The second-order valence-electron chi connectivity index (χ2n) is 6.71. The van der Waals surface area contributed by atoms with Gasteiger partial charge in [-0.2, -0.15) is 0 Å². The van der Waals surface area contributed by atoms with Crippen LogP contribution in [-0.2, 0) is 9.53 Å². The van der Waals surface area contributed by atoms with Gasteiger partial charge in [-0.3, -0.25) is 4.79 Å². The fourth-order valence-electron chi connectivity index (χ4n) is 3.01. The molecule has 1 fully saturated rings. The number of nitrogens with two attached hydrogens (primary N) is 1. The largest absolute Gasteiger partial charge is 0.378 e. The van der Waals surface area contributed by atoms with Gasteiger partial charge in [0.25, 0.3) is 0 Å². The first-order valence-electron chi connectivity index (χ1n) is 7.80. The molecule has 1 aliphatic carbocycles. The Labute approximate surface area is 153 Å². The molecule has 0 spiro atoms. The van der Waals surface area contributed by atoms with Gasteiger partial charge in [0, 0.05) is 18.4 Å². The lowest BCUT2D eigenvalue weighted by molar-refractivity contribution is -0.171. The third kappa shape index (κ3) is 3.54. The first-order valence-corrected chi connectivity index (χ1v) is 8.17. The molecule has 1 aliphatic rings. The summed E-state index contributed by atoms with van der Waals surface area (Å²) in [6.45, 7) is 8.21. The van der Waals surface area contributed by atoms with Crippen LogP contribution in [0.1, 0.15) is 45.7 Å². The standard InChI is InChI=1S/C17H24ClFN2O2.ClH/c1-5-23-14-9-17(20,16(14,3)4)15(22)21-10(2)11-6-7-13(19)12(18)8-11;/h6-8,10,14H,5,9,20H2,1-4H3,(H,21,22);1H. The van der Waals surface area contributed by atoms with Crippen LogP contribution < -0.4 is 11.1 Å². The summed E-state index contributed by atoms with van der Waals surface area (Å²) >= 11 is 5.79. The molecule has 4 nitrogen and oxygen atoms in total. The van der Waals surface area contributed by atoms with Crippen molar-refractivity contribution in [2.45, 2.75) is 51.8 Å². The quantitative estimate of drug-likeness (QED) is 0.822. The molecule has 3 unspecified atom stereocenters. The Bertz CT molecular complexity index is 612. The van der Waals surface area contributed by atoms with E-state index < -0.39 is 16.8 Å². The zero-order valence-electron chi connectivity index (χ0n) is 14.4. The monoisotopic (exact) mass is 378 g/mol. The van der Waals surface area contributed by atoms with Crippen molar-refractivity contribution in [1.29, 1.82) is 0 Å². The minimum atomic E-state index is -0.981. The number of hydrogen-bond acceptors (Lipinski definition) is 3. The summed E-state index contributed by atoms with van der Waals surface area (Å²) < 4.78 is 18.9. The van der Waals surface area contributed by atoms with E-state index in [4.69, 9.17) is 22.1 Å². The predicted octanol–water partition coefficient (Wildman–Crippen LogP) is 3.61. The van der Waals surface area contributed by atoms with Gasteiger partial charge in [0.05, 0.1) is 17.2 Å². The van der Waals surface area contributed by atoms with Gasteiger partial charge in [0.15, 0.2) is 0 Å². The summed E-state index contributed by atoms with van der Waals surface area (Å²) in [6, 6.07) is 4.09. The normalized spacial score (nSPS) is 26.0. The number of hydrogen-bond donors (Lipinski definition) is 2. The molecule has 0 heterocycles. The van der Waals surface area contributed by atoms with Gasteiger partial charge in [0.2, 0.25) is 5.91 Å². The van der Waals surface area contributed by atoms with Crippen LogP contribution in [0.5, 0.6) is 0 Å². The molecular formula is C17H25Cl2FN2O2. The van der Waals surface area contributed by atoms with Gasteiger partial charge in [-0.15, -0.1) is 12.4 Å². The Morgan fingerprint density at radius 2 is 2.17 bits per heavy atom. The van der Waals surface area contributed by atoms with Gasteiger partial charge < -0.3 is 15.8 Å². The van der Waals surface area contributed by atoms with E-state index in [1.807, 2.05) is 27.7 Å². The maximum Gasteiger partial charge on any atom is 0.241 e. The summed E-state index contributed by atoms with van der Waals surface area (Å²) in [4.78, 5) is 12.6. The Morgan fingerprint density at radius 3 is 2.67 bits per heavy atom. The van der Waals surface area contributed by atoms with Crippen LogP contribution in [0.3, 0.4) is 0 Å². The van der Waals surface area contributed by atoms with Crippen molar-refractivity contribution >= 4 is 29.9 Å². The van der Waals surface area contributed by atoms with Crippen molar-refractivity contribution in [3.63, 3.8) is 0 Å². The summed E-state index contributed by atoms with van der Waals surface area (Å²) in [7, 11) is 0. The molecule has 3 atom stereocenters. The van der Waals surface area contributed by atoms with E-state index in [0.29, 0.717) is 13.0 Å². The molecular weight excluding hydrogens is 354 g/mol. The Hall–Kier alpha value is -0.880. The van der Waals surface area contributed by atoms with Crippen molar-refractivity contribution < 1.29 is 13.9 Å². The van der Waals surface area contributed by atoms with E-state index in [-0.39, 0.29) is 35.5 Å². The molecule has 0 aliphatic heterocycles. The lowest BCUT2D eigenvalue weighted by atomic mass is 9.54. The third-order valence-corrected chi connectivity index (χ3v) is 5.32. The smallest absolute Gasteiger partial charge is 0.241 e. The van der Waals surface area contributed by atoms with Crippen LogP contribution in [0.4, 0.5) is 4.39 Å². The second kappa shape index (κ2) is 7.56. The Balaban J connectivity index is 0.00000288. The maximum atomic E-state index is 13.2. The highest BCUT2D eigenvalue weighted by atomic mass is 35.5. The molecule has 1 aromatic carbocycles. The van der Waals surface area contributed by atoms with Crippen molar-refractivity contribution in [2.75, 3.05) is 6.61 Å². The number of ether oxygens (including phenoxy) is 1. The summed E-state index contributed by atoms with van der Waals surface area (Å²) in [6.07, 6.45) is 0.454. The lowest BCUT2D eigenvalue weighted by Gasteiger charge is -2.57. The first kappa shape index (κ1) is 21.2. The molecule has 0 saturated heterocycles. The fraction of sp³-hybridized carbons (Fsp3) is 0.588. The predicted molar refractivity (Wildman–Crippen MR) is 95.9 cm³/mol. The van der Waals surface area contributed by atoms with Crippen molar-refractivity contribution in [3.8, 4) is 0 Å². The second-order valence-corrected chi connectivity index (χ2v) is 7.12. The fourth-order valence-corrected chi connectivity index (χ4v) is 3.20. The minimum Gasteiger partial charge on any atom is -0.378 e. The van der Waals surface area contributed by atoms with Crippen LogP contribution in [0.15, 0.2) is 18.2 Å². The summed E-state index contributed by atoms with van der Waals surface area (Å²) in [5.41, 5.74) is 5.64. The van der Waals surface area contributed by atoms with Crippen LogP contribution in [-0.4, -0.2) is 24.2 Å². The number of halogens is 3. The molecule has 7 heteroatoms. The average Bonchev–Trinajstić information content (AvgIpc) is 2.49. The van der Waals surface area contributed by atoms with Gasteiger partial charge >= 0.3 is 0 Å². The Morgan fingerprint density at radius 1 is 1.54 bits per heavy atom. The molecule has 0 aromatic heterocycles. The van der Waals surface area contributed by atoms with E-state index in [2.05, 4.69) is 5.32 Å². The van der Waals surface area contributed by atoms with Crippen LogP contribution in [0, 0.1) is 11.2 Å². The molecule has 1 amide bonds. The molecule has 0 bridgehead atoms. The van der Waals surface area contributed by atoms with Gasteiger partial charge in [-0.1, -0.05) is 31.5 Å². The van der Waals surface area contributed by atoms with E-state index in [1.165, 1.54) is 12.1 Å². The number of rotatable bonds is 5. The first-order chi connectivity index (χ1) is 10.6.